The molecule has 4 rings (SSSR count). The molecule has 8 heteroatoms. The number of aryl methyl sites for hydroxylation is 1. The number of nitrogens with zero attached hydrogens (tertiary/aromatic N) is 5. The molecule has 3 aromatic heterocycles. The Balaban J connectivity index is 1.75. The maximum atomic E-state index is 12.0. The van der Waals surface area contributed by atoms with Gasteiger partial charge in [0, 0.05) is 43.2 Å². The summed E-state index contributed by atoms with van der Waals surface area (Å²) in [6.07, 6.45) is 6.89. The molecule has 0 aliphatic heterocycles. The van der Waals surface area contributed by atoms with Crippen molar-refractivity contribution in [3.63, 3.8) is 0 Å². The van der Waals surface area contributed by atoms with Gasteiger partial charge in [0.05, 0.1) is 11.8 Å². The fraction of sp³-hybridized carbons (Fsp3) is 0.278. The van der Waals surface area contributed by atoms with Crippen molar-refractivity contribution in [1.82, 2.24) is 25.0 Å². The first-order chi connectivity index (χ1) is 12.6. The molecule has 3 heterocycles. The number of pyridine rings is 2. The van der Waals surface area contributed by atoms with E-state index in [0.29, 0.717) is 17.3 Å². The second kappa shape index (κ2) is 6.44. The quantitative estimate of drug-likeness (QED) is 0.698. The third kappa shape index (κ3) is 3.19. The van der Waals surface area contributed by atoms with Crippen LogP contribution in [0.15, 0.2) is 24.7 Å². The van der Waals surface area contributed by atoms with Crippen LogP contribution in [0, 0.1) is 17.8 Å². The molecule has 0 unspecified atom stereocenters. The number of anilines is 2. The molecule has 0 radical (unpaired) electrons. The Bertz CT molecular complexity index is 1060. The molecular formula is C18H17N7O. The Hall–Kier alpha value is -3.47. The first kappa shape index (κ1) is 16.0. The van der Waals surface area contributed by atoms with Crippen molar-refractivity contribution in [2.24, 2.45) is 13.0 Å². The van der Waals surface area contributed by atoms with Crippen LogP contribution in [-0.2, 0) is 11.8 Å². The normalized spacial score (nSPS) is 13.2. The highest BCUT2D eigenvalue weighted by atomic mass is 16.2. The first-order valence-electron chi connectivity index (χ1n) is 8.30. The van der Waals surface area contributed by atoms with E-state index in [2.05, 4.69) is 42.6 Å². The van der Waals surface area contributed by atoms with Gasteiger partial charge >= 0.3 is 0 Å². The van der Waals surface area contributed by atoms with Crippen molar-refractivity contribution < 1.29 is 4.79 Å². The Morgan fingerprint density at radius 1 is 1.19 bits per heavy atom. The number of rotatable bonds is 3. The highest BCUT2D eigenvalue weighted by Gasteiger charge is 2.29. The van der Waals surface area contributed by atoms with Crippen LogP contribution in [0.1, 0.15) is 24.1 Å². The average Bonchev–Trinajstić information content (AvgIpc) is 3.42. The molecule has 1 amide bonds. The second-order valence-corrected chi connectivity index (χ2v) is 6.12. The van der Waals surface area contributed by atoms with E-state index >= 15 is 0 Å². The summed E-state index contributed by atoms with van der Waals surface area (Å²) in [7, 11) is 3.54. The van der Waals surface area contributed by atoms with Crippen molar-refractivity contribution in [2.45, 2.75) is 12.8 Å². The lowest BCUT2D eigenvalue weighted by Gasteiger charge is -2.09. The highest BCUT2D eigenvalue weighted by molar-refractivity contribution is 5.99. The number of carbonyl (C=O) groups excluding carboxylic acids is 1. The monoisotopic (exact) mass is 347 g/mol. The van der Waals surface area contributed by atoms with Crippen molar-refractivity contribution in [3.8, 4) is 11.8 Å². The molecule has 1 aliphatic rings. The Morgan fingerprint density at radius 3 is 2.73 bits per heavy atom. The Labute approximate surface area is 150 Å². The molecule has 1 saturated carbocycles. The predicted octanol–water partition coefficient (Wildman–Crippen LogP) is 1.55. The van der Waals surface area contributed by atoms with Gasteiger partial charge in [0.15, 0.2) is 5.69 Å². The maximum Gasteiger partial charge on any atom is 0.228 e. The van der Waals surface area contributed by atoms with Gasteiger partial charge in [0.2, 0.25) is 5.91 Å². The van der Waals surface area contributed by atoms with Crippen LogP contribution in [0.2, 0.25) is 0 Å². The largest absolute Gasteiger partial charge is 0.373 e. The SMILES string of the molecule is CNc1ncc(C#Cc2cnn(C)n2)c2cc(NC(=O)C3CC3)ncc12. The number of aromatic nitrogens is 5. The van der Waals surface area contributed by atoms with Crippen molar-refractivity contribution >= 4 is 28.3 Å². The molecule has 0 spiro atoms. The molecule has 0 bridgehead atoms. The number of hydrogen-bond donors (Lipinski definition) is 2. The lowest BCUT2D eigenvalue weighted by molar-refractivity contribution is -0.117. The van der Waals surface area contributed by atoms with E-state index in [0.717, 1.165) is 29.2 Å². The fourth-order valence-corrected chi connectivity index (χ4v) is 2.61. The zero-order valence-electron chi connectivity index (χ0n) is 14.4. The summed E-state index contributed by atoms with van der Waals surface area (Å²) >= 11 is 0. The minimum absolute atomic E-state index is 0.0203. The topological polar surface area (TPSA) is 97.6 Å². The molecule has 3 aromatic rings. The lowest BCUT2D eigenvalue weighted by atomic mass is 10.1. The van der Waals surface area contributed by atoms with E-state index in [1.54, 1.807) is 32.7 Å². The van der Waals surface area contributed by atoms with Crippen LogP contribution < -0.4 is 10.6 Å². The standard InChI is InChI=1S/C18H17N7O/c1-19-17-15-10-20-16(23-18(26)11-3-4-11)7-14(15)12(8-21-17)5-6-13-9-22-25(2)24-13/h7-11H,3-4H2,1-2H3,(H,19,21)(H,20,23,26). The summed E-state index contributed by atoms with van der Waals surface area (Å²) in [5.41, 5.74) is 1.31. The molecule has 0 atom stereocenters. The van der Waals surface area contributed by atoms with Crippen LogP contribution in [-0.4, -0.2) is 37.9 Å². The summed E-state index contributed by atoms with van der Waals surface area (Å²) in [6.45, 7) is 0. The van der Waals surface area contributed by atoms with Gasteiger partial charge in [-0.3, -0.25) is 4.79 Å². The Morgan fingerprint density at radius 2 is 2.04 bits per heavy atom. The summed E-state index contributed by atoms with van der Waals surface area (Å²) in [6, 6.07) is 1.83. The minimum Gasteiger partial charge on any atom is -0.373 e. The zero-order valence-corrected chi connectivity index (χ0v) is 14.4. The van der Waals surface area contributed by atoms with Crippen LogP contribution in [0.4, 0.5) is 11.6 Å². The molecule has 0 saturated heterocycles. The second-order valence-electron chi connectivity index (χ2n) is 6.12. The van der Waals surface area contributed by atoms with E-state index < -0.39 is 0 Å². The van der Waals surface area contributed by atoms with Crippen molar-refractivity contribution in [3.05, 3.63) is 35.9 Å². The zero-order chi connectivity index (χ0) is 18.1. The van der Waals surface area contributed by atoms with E-state index in [9.17, 15) is 4.79 Å². The predicted molar refractivity (Wildman–Crippen MR) is 97.4 cm³/mol. The summed E-state index contributed by atoms with van der Waals surface area (Å²) in [5, 5.41) is 15.8. The van der Waals surface area contributed by atoms with E-state index in [1.807, 2.05) is 6.07 Å². The summed E-state index contributed by atoms with van der Waals surface area (Å²) in [4.78, 5) is 22.2. The van der Waals surface area contributed by atoms with Crippen LogP contribution in [0.5, 0.6) is 0 Å². The molecule has 1 aliphatic carbocycles. The number of amides is 1. The molecule has 1 fully saturated rings. The average molecular weight is 347 g/mol. The summed E-state index contributed by atoms with van der Waals surface area (Å²) < 4.78 is 0. The highest BCUT2D eigenvalue weighted by Crippen LogP contribution is 2.31. The fourth-order valence-electron chi connectivity index (χ4n) is 2.61. The summed E-state index contributed by atoms with van der Waals surface area (Å²) in [5.74, 6) is 7.44. The number of hydrogen-bond acceptors (Lipinski definition) is 6. The van der Waals surface area contributed by atoms with Gasteiger partial charge in [-0.25, -0.2) is 9.97 Å². The van der Waals surface area contributed by atoms with Gasteiger partial charge in [-0.1, -0.05) is 5.92 Å². The third-order valence-electron chi connectivity index (χ3n) is 4.13. The molecular weight excluding hydrogens is 330 g/mol. The van der Waals surface area contributed by atoms with Gasteiger partial charge in [0.25, 0.3) is 0 Å². The third-order valence-corrected chi connectivity index (χ3v) is 4.13. The first-order valence-corrected chi connectivity index (χ1v) is 8.30. The number of nitrogens with one attached hydrogen (secondary N) is 2. The van der Waals surface area contributed by atoms with Gasteiger partial charge in [-0.15, -0.1) is 5.10 Å². The van der Waals surface area contributed by atoms with Gasteiger partial charge in [-0.2, -0.15) is 9.90 Å². The number of carbonyl (C=O) groups is 1. The number of fused-ring (bicyclic) bond motifs is 1. The molecule has 2 N–H and O–H groups in total. The molecule has 130 valence electrons. The smallest absolute Gasteiger partial charge is 0.228 e. The van der Waals surface area contributed by atoms with Gasteiger partial charge in [0.1, 0.15) is 11.6 Å². The van der Waals surface area contributed by atoms with Crippen LogP contribution in [0.3, 0.4) is 0 Å². The van der Waals surface area contributed by atoms with Crippen molar-refractivity contribution in [1.29, 1.82) is 0 Å². The molecule has 8 nitrogen and oxygen atoms in total. The molecule has 26 heavy (non-hydrogen) atoms. The van der Waals surface area contributed by atoms with E-state index in [4.69, 9.17) is 0 Å². The van der Waals surface area contributed by atoms with Crippen LogP contribution >= 0.6 is 0 Å². The van der Waals surface area contributed by atoms with Crippen LogP contribution in [0.25, 0.3) is 10.8 Å². The maximum absolute atomic E-state index is 12.0. The van der Waals surface area contributed by atoms with E-state index in [-0.39, 0.29) is 11.8 Å². The van der Waals surface area contributed by atoms with Crippen molar-refractivity contribution in [2.75, 3.05) is 17.7 Å². The van der Waals surface area contributed by atoms with Gasteiger partial charge in [-0.05, 0) is 24.8 Å². The van der Waals surface area contributed by atoms with E-state index in [1.165, 1.54) is 4.80 Å². The Kier molecular flexibility index (Phi) is 3.97. The lowest BCUT2D eigenvalue weighted by Crippen LogP contribution is -2.14. The molecule has 0 aromatic carbocycles. The van der Waals surface area contributed by atoms with Gasteiger partial charge < -0.3 is 10.6 Å². The minimum atomic E-state index is 0.0203.